The van der Waals surface area contributed by atoms with E-state index in [4.69, 9.17) is 4.74 Å². The van der Waals surface area contributed by atoms with E-state index in [-0.39, 0.29) is 10.6 Å². The van der Waals surface area contributed by atoms with Crippen LogP contribution in [0.1, 0.15) is 62.3 Å². The molecule has 1 nitrogen and oxygen atoms in total. The van der Waals surface area contributed by atoms with Crippen molar-refractivity contribution in [3.05, 3.63) is 29.6 Å². The van der Waals surface area contributed by atoms with E-state index in [2.05, 4.69) is 22.9 Å². The Morgan fingerprint density at radius 2 is 1.84 bits per heavy atom. The second-order valence-corrected chi connectivity index (χ2v) is 6.02. The summed E-state index contributed by atoms with van der Waals surface area (Å²) in [5.41, 5.74) is 0.731. The number of benzene rings is 1. The van der Waals surface area contributed by atoms with E-state index in [1.165, 1.54) is 38.2 Å². The second-order valence-electron chi connectivity index (χ2n) is 4.91. The third-order valence-corrected chi connectivity index (χ3v) is 4.31. The van der Waals surface area contributed by atoms with Crippen molar-refractivity contribution in [1.29, 1.82) is 0 Å². The molecular formula is C16H24BrFO. The van der Waals surface area contributed by atoms with Crippen LogP contribution in [0.5, 0.6) is 5.75 Å². The molecule has 0 radical (unpaired) electrons. The Bertz CT molecular complexity index is 368. The molecule has 0 saturated carbocycles. The molecule has 1 aromatic rings. The summed E-state index contributed by atoms with van der Waals surface area (Å²) in [5, 5.41) is 0. The molecule has 0 aromatic heterocycles. The molecule has 108 valence electrons. The minimum Gasteiger partial charge on any atom is -0.497 e. The number of ether oxygens (including phenoxy) is 1. The smallest absolute Gasteiger partial charge is 0.131 e. The van der Waals surface area contributed by atoms with Crippen molar-refractivity contribution in [1.82, 2.24) is 0 Å². The Labute approximate surface area is 124 Å². The zero-order chi connectivity index (χ0) is 14.1. The van der Waals surface area contributed by atoms with Crippen molar-refractivity contribution < 1.29 is 9.13 Å². The molecule has 0 saturated heterocycles. The molecule has 0 bridgehead atoms. The quantitative estimate of drug-likeness (QED) is 0.397. The topological polar surface area (TPSA) is 9.23 Å². The fourth-order valence-electron chi connectivity index (χ4n) is 2.15. The van der Waals surface area contributed by atoms with Crippen LogP contribution in [0.4, 0.5) is 4.39 Å². The largest absolute Gasteiger partial charge is 0.497 e. The normalized spacial score (nSPS) is 12.4. The molecule has 1 unspecified atom stereocenters. The third-order valence-electron chi connectivity index (χ3n) is 3.36. The predicted octanol–water partition coefficient (Wildman–Crippen LogP) is 6.02. The van der Waals surface area contributed by atoms with Gasteiger partial charge in [0.1, 0.15) is 11.6 Å². The van der Waals surface area contributed by atoms with Gasteiger partial charge in [0, 0.05) is 16.5 Å². The number of hydrogen-bond donors (Lipinski definition) is 0. The first-order chi connectivity index (χ1) is 9.19. The minimum atomic E-state index is -0.188. The van der Waals surface area contributed by atoms with E-state index in [0.717, 1.165) is 18.4 Å². The van der Waals surface area contributed by atoms with E-state index in [1.807, 2.05) is 12.1 Å². The van der Waals surface area contributed by atoms with Crippen LogP contribution in [0.3, 0.4) is 0 Å². The van der Waals surface area contributed by atoms with Gasteiger partial charge in [0.25, 0.3) is 0 Å². The molecule has 0 spiro atoms. The molecule has 19 heavy (non-hydrogen) atoms. The maximum atomic E-state index is 13.9. The molecule has 0 aliphatic rings. The van der Waals surface area contributed by atoms with Crippen LogP contribution in [-0.4, -0.2) is 7.11 Å². The van der Waals surface area contributed by atoms with Gasteiger partial charge in [-0.2, -0.15) is 0 Å². The van der Waals surface area contributed by atoms with Crippen molar-refractivity contribution in [2.45, 2.75) is 56.7 Å². The molecule has 0 aliphatic heterocycles. The molecule has 0 heterocycles. The number of unbranched alkanes of at least 4 members (excludes halogenated alkanes) is 5. The van der Waals surface area contributed by atoms with Crippen molar-refractivity contribution in [2.24, 2.45) is 0 Å². The zero-order valence-corrected chi connectivity index (χ0v) is 13.5. The lowest BCUT2D eigenvalue weighted by molar-refractivity contribution is 0.410. The zero-order valence-electron chi connectivity index (χ0n) is 11.9. The summed E-state index contributed by atoms with van der Waals surface area (Å²) < 4.78 is 18.9. The molecule has 0 N–H and O–H groups in total. The summed E-state index contributed by atoms with van der Waals surface area (Å²) in [5.74, 6) is 0.382. The Kier molecular flexibility index (Phi) is 8.11. The summed E-state index contributed by atoms with van der Waals surface area (Å²) in [6.45, 7) is 2.22. The average molecular weight is 331 g/mol. The van der Waals surface area contributed by atoms with Crippen LogP contribution >= 0.6 is 15.9 Å². The molecule has 3 heteroatoms. The molecule has 0 amide bonds. The number of halogens is 2. The van der Waals surface area contributed by atoms with E-state index in [1.54, 1.807) is 7.11 Å². The molecule has 1 rings (SSSR count). The van der Waals surface area contributed by atoms with Crippen molar-refractivity contribution >= 4 is 15.9 Å². The lowest BCUT2D eigenvalue weighted by Crippen LogP contribution is -1.96. The van der Waals surface area contributed by atoms with Gasteiger partial charge in [-0.05, 0) is 12.5 Å². The first-order valence-corrected chi connectivity index (χ1v) is 8.08. The Balaban J connectivity index is 2.34. The number of alkyl halides is 1. The van der Waals surface area contributed by atoms with Gasteiger partial charge in [0.15, 0.2) is 0 Å². The summed E-state index contributed by atoms with van der Waals surface area (Å²) in [4.78, 5) is 0.101. The van der Waals surface area contributed by atoms with Gasteiger partial charge in [-0.15, -0.1) is 0 Å². The van der Waals surface area contributed by atoms with E-state index in [0.29, 0.717) is 5.75 Å². The first kappa shape index (κ1) is 16.5. The SMILES string of the molecule is CCCCCCCCC(Br)c1ccc(OC)cc1F. The summed E-state index contributed by atoms with van der Waals surface area (Å²) in [6.07, 6.45) is 8.57. The van der Waals surface area contributed by atoms with E-state index in [9.17, 15) is 4.39 Å². The molecule has 0 fully saturated rings. The minimum absolute atomic E-state index is 0.101. The monoisotopic (exact) mass is 330 g/mol. The predicted molar refractivity (Wildman–Crippen MR) is 82.6 cm³/mol. The van der Waals surface area contributed by atoms with Gasteiger partial charge in [-0.3, -0.25) is 0 Å². The highest BCUT2D eigenvalue weighted by molar-refractivity contribution is 9.09. The molecular weight excluding hydrogens is 307 g/mol. The van der Waals surface area contributed by atoms with Crippen LogP contribution in [-0.2, 0) is 0 Å². The number of rotatable bonds is 9. The van der Waals surface area contributed by atoms with E-state index >= 15 is 0 Å². The van der Waals surface area contributed by atoms with Crippen LogP contribution in [0, 0.1) is 5.82 Å². The average Bonchev–Trinajstić information content (AvgIpc) is 2.42. The number of methoxy groups -OCH3 is 1. The van der Waals surface area contributed by atoms with Crippen molar-refractivity contribution in [3.63, 3.8) is 0 Å². The fraction of sp³-hybridized carbons (Fsp3) is 0.625. The van der Waals surface area contributed by atoms with Gasteiger partial charge < -0.3 is 4.74 Å². The first-order valence-electron chi connectivity index (χ1n) is 7.16. The van der Waals surface area contributed by atoms with E-state index < -0.39 is 0 Å². The summed E-state index contributed by atoms with van der Waals surface area (Å²) >= 11 is 3.59. The third kappa shape index (κ3) is 5.94. The lowest BCUT2D eigenvalue weighted by atomic mass is 10.0. The van der Waals surface area contributed by atoms with Crippen molar-refractivity contribution in [2.75, 3.05) is 7.11 Å². The van der Waals surface area contributed by atoms with Gasteiger partial charge in [-0.25, -0.2) is 4.39 Å². The van der Waals surface area contributed by atoms with Crippen molar-refractivity contribution in [3.8, 4) is 5.75 Å². The standard InChI is InChI=1S/C16H24BrFO/c1-3-4-5-6-7-8-9-15(17)14-11-10-13(19-2)12-16(14)18/h10-12,15H,3-9H2,1-2H3. The highest BCUT2D eigenvalue weighted by atomic mass is 79.9. The Morgan fingerprint density at radius 3 is 2.47 bits per heavy atom. The fourth-order valence-corrected chi connectivity index (χ4v) is 2.84. The Morgan fingerprint density at radius 1 is 1.16 bits per heavy atom. The number of hydrogen-bond acceptors (Lipinski definition) is 1. The van der Waals surface area contributed by atoms with Gasteiger partial charge >= 0.3 is 0 Å². The summed E-state index contributed by atoms with van der Waals surface area (Å²) in [7, 11) is 1.55. The lowest BCUT2D eigenvalue weighted by Gasteiger charge is -2.12. The highest BCUT2D eigenvalue weighted by Gasteiger charge is 2.12. The Hall–Kier alpha value is -0.570. The van der Waals surface area contributed by atoms with Crippen LogP contribution in [0.2, 0.25) is 0 Å². The maximum Gasteiger partial charge on any atom is 0.131 e. The van der Waals surface area contributed by atoms with Crippen LogP contribution < -0.4 is 4.74 Å². The van der Waals surface area contributed by atoms with Gasteiger partial charge in [-0.1, -0.05) is 67.4 Å². The van der Waals surface area contributed by atoms with Gasteiger partial charge in [0.2, 0.25) is 0 Å². The molecule has 1 atom stereocenters. The van der Waals surface area contributed by atoms with Crippen LogP contribution in [0.15, 0.2) is 18.2 Å². The molecule has 1 aromatic carbocycles. The summed E-state index contributed by atoms with van der Waals surface area (Å²) in [6, 6.07) is 5.07. The maximum absolute atomic E-state index is 13.9. The van der Waals surface area contributed by atoms with Gasteiger partial charge in [0.05, 0.1) is 7.11 Å². The second kappa shape index (κ2) is 9.35. The highest BCUT2D eigenvalue weighted by Crippen LogP contribution is 2.32. The van der Waals surface area contributed by atoms with Crippen LogP contribution in [0.25, 0.3) is 0 Å². The molecule has 0 aliphatic carbocycles.